The molecule has 0 saturated carbocycles. The number of unbranched alkanes of at least 4 members (excludes halogenated alkanes) is 2. The second kappa shape index (κ2) is 9.97. The van der Waals surface area contributed by atoms with Gasteiger partial charge in [-0.15, -0.1) is 0 Å². The Morgan fingerprint density at radius 3 is 2.13 bits per heavy atom. The summed E-state index contributed by atoms with van der Waals surface area (Å²) >= 11 is 0. The number of nitrogens with zero attached hydrogens (tertiary/aromatic N) is 1. The van der Waals surface area contributed by atoms with Gasteiger partial charge in [-0.1, -0.05) is 26.7 Å². The first-order chi connectivity index (χ1) is 7.26. The van der Waals surface area contributed by atoms with Crippen molar-refractivity contribution in [3.05, 3.63) is 6.92 Å². The van der Waals surface area contributed by atoms with Crippen molar-refractivity contribution in [2.75, 3.05) is 26.3 Å². The van der Waals surface area contributed by atoms with Crippen molar-refractivity contribution in [3.63, 3.8) is 0 Å². The van der Waals surface area contributed by atoms with E-state index in [1.807, 2.05) is 4.90 Å². The number of amides is 1. The zero-order valence-corrected chi connectivity index (χ0v) is 10.1. The molecule has 0 atom stereocenters. The highest BCUT2D eigenvalue weighted by Crippen LogP contribution is 2.00. The normalized spacial score (nSPS) is 10.3. The van der Waals surface area contributed by atoms with E-state index < -0.39 is 0 Å². The third-order valence-corrected chi connectivity index (χ3v) is 2.29. The largest absolute Gasteiger partial charge is 0.372 e. The summed E-state index contributed by atoms with van der Waals surface area (Å²) in [6, 6.07) is 0. The van der Waals surface area contributed by atoms with E-state index in [-0.39, 0.29) is 12.5 Å². The van der Waals surface area contributed by atoms with Gasteiger partial charge in [0.2, 0.25) is 5.91 Å². The molecule has 0 fully saturated rings. The molecule has 0 saturated heterocycles. The molecule has 3 nitrogen and oxygen atoms in total. The van der Waals surface area contributed by atoms with Crippen molar-refractivity contribution in [1.82, 2.24) is 4.90 Å². The summed E-state index contributed by atoms with van der Waals surface area (Å²) in [5.41, 5.74) is 0. The summed E-state index contributed by atoms with van der Waals surface area (Å²) in [6.45, 7) is 10.1. The van der Waals surface area contributed by atoms with Crippen molar-refractivity contribution in [1.29, 1.82) is 0 Å². The molecule has 0 aromatic heterocycles. The maximum atomic E-state index is 11.7. The van der Waals surface area contributed by atoms with Crippen LogP contribution in [0.15, 0.2) is 0 Å². The van der Waals surface area contributed by atoms with E-state index >= 15 is 0 Å². The minimum Gasteiger partial charge on any atom is -0.372 e. The standard InChI is InChI=1S/C12H24NO2/c1-4-7-9-13(10-8-5-2)12(14)11-15-6-3/h3-11H2,1-2H3. The monoisotopic (exact) mass is 214 g/mol. The lowest BCUT2D eigenvalue weighted by atomic mass is 10.2. The van der Waals surface area contributed by atoms with Crippen LogP contribution in [0.25, 0.3) is 0 Å². The lowest BCUT2D eigenvalue weighted by Crippen LogP contribution is -2.35. The van der Waals surface area contributed by atoms with Gasteiger partial charge in [0.15, 0.2) is 0 Å². The number of hydrogen-bond donors (Lipinski definition) is 0. The molecule has 0 unspecified atom stereocenters. The predicted octanol–water partition coefficient (Wildman–Crippen LogP) is 2.27. The topological polar surface area (TPSA) is 29.5 Å². The van der Waals surface area contributed by atoms with E-state index in [0.717, 1.165) is 38.8 Å². The molecule has 0 aliphatic carbocycles. The highest BCUT2D eigenvalue weighted by atomic mass is 16.5. The molecule has 89 valence electrons. The van der Waals surface area contributed by atoms with Gasteiger partial charge < -0.3 is 9.64 Å². The van der Waals surface area contributed by atoms with Gasteiger partial charge in [0, 0.05) is 19.7 Å². The molecule has 1 radical (unpaired) electrons. The Kier molecular flexibility index (Phi) is 9.59. The van der Waals surface area contributed by atoms with E-state index in [1.165, 1.54) is 0 Å². The van der Waals surface area contributed by atoms with Crippen LogP contribution in [0.5, 0.6) is 0 Å². The number of carbonyl (C=O) groups excluding carboxylic acids is 1. The predicted molar refractivity (Wildman–Crippen MR) is 62.6 cm³/mol. The van der Waals surface area contributed by atoms with Crippen LogP contribution in [0.4, 0.5) is 0 Å². The number of rotatable bonds is 9. The summed E-state index contributed by atoms with van der Waals surface area (Å²) in [4.78, 5) is 13.6. The maximum Gasteiger partial charge on any atom is 0.248 e. The molecule has 0 aromatic carbocycles. The summed E-state index contributed by atoms with van der Waals surface area (Å²) in [5.74, 6) is 0.0977. The molecule has 15 heavy (non-hydrogen) atoms. The molecular formula is C12H24NO2. The first kappa shape index (κ1) is 14.4. The van der Waals surface area contributed by atoms with Gasteiger partial charge >= 0.3 is 0 Å². The fourth-order valence-electron chi connectivity index (χ4n) is 1.31. The molecule has 0 bridgehead atoms. The van der Waals surface area contributed by atoms with Crippen LogP contribution in [0.3, 0.4) is 0 Å². The SMILES string of the molecule is [CH2]COCC(=O)N(CCCC)CCCC. The smallest absolute Gasteiger partial charge is 0.248 e. The Labute approximate surface area is 93.8 Å². The van der Waals surface area contributed by atoms with Crippen LogP contribution < -0.4 is 0 Å². The Hall–Kier alpha value is -0.570. The van der Waals surface area contributed by atoms with Gasteiger partial charge in [0.25, 0.3) is 0 Å². The fourth-order valence-corrected chi connectivity index (χ4v) is 1.31. The van der Waals surface area contributed by atoms with E-state index in [1.54, 1.807) is 0 Å². The molecule has 0 aromatic rings. The minimum absolute atomic E-state index is 0.0977. The molecule has 0 heterocycles. The van der Waals surface area contributed by atoms with E-state index in [4.69, 9.17) is 4.74 Å². The van der Waals surface area contributed by atoms with Crippen molar-refractivity contribution in [2.45, 2.75) is 39.5 Å². The van der Waals surface area contributed by atoms with Gasteiger partial charge in [-0.2, -0.15) is 0 Å². The summed E-state index contributed by atoms with van der Waals surface area (Å²) in [5, 5.41) is 0. The van der Waals surface area contributed by atoms with E-state index in [9.17, 15) is 4.79 Å². The van der Waals surface area contributed by atoms with Crippen molar-refractivity contribution in [2.24, 2.45) is 0 Å². The average molecular weight is 214 g/mol. The summed E-state index contributed by atoms with van der Waals surface area (Å²) in [6.07, 6.45) is 4.37. The third-order valence-electron chi connectivity index (χ3n) is 2.29. The molecule has 0 aliphatic heterocycles. The van der Waals surface area contributed by atoms with Crippen LogP contribution >= 0.6 is 0 Å². The highest BCUT2D eigenvalue weighted by Gasteiger charge is 2.11. The van der Waals surface area contributed by atoms with Crippen molar-refractivity contribution in [3.8, 4) is 0 Å². The van der Waals surface area contributed by atoms with E-state index in [0.29, 0.717) is 6.61 Å². The summed E-state index contributed by atoms with van der Waals surface area (Å²) in [7, 11) is 0. The van der Waals surface area contributed by atoms with Gasteiger partial charge in [-0.3, -0.25) is 4.79 Å². The first-order valence-electron chi connectivity index (χ1n) is 5.91. The zero-order chi connectivity index (χ0) is 11.5. The quantitative estimate of drug-likeness (QED) is 0.589. The second-order valence-electron chi connectivity index (χ2n) is 3.64. The average Bonchev–Trinajstić information content (AvgIpc) is 2.26. The number of ether oxygens (including phenoxy) is 1. The van der Waals surface area contributed by atoms with Crippen LogP contribution in [0, 0.1) is 6.92 Å². The van der Waals surface area contributed by atoms with Crippen LogP contribution in [-0.2, 0) is 9.53 Å². The Morgan fingerprint density at radius 2 is 1.73 bits per heavy atom. The fraction of sp³-hybridized carbons (Fsp3) is 0.833. The van der Waals surface area contributed by atoms with Crippen molar-refractivity contribution < 1.29 is 9.53 Å². The molecule has 3 heteroatoms. The Morgan fingerprint density at radius 1 is 1.20 bits per heavy atom. The van der Waals surface area contributed by atoms with Crippen molar-refractivity contribution >= 4 is 5.91 Å². The number of carbonyl (C=O) groups is 1. The lowest BCUT2D eigenvalue weighted by molar-refractivity contribution is -0.135. The molecular weight excluding hydrogens is 190 g/mol. The lowest BCUT2D eigenvalue weighted by Gasteiger charge is -2.22. The molecule has 0 spiro atoms. The molecule has 0 aliphatic rings. The zero-order valence-electron chi connectivity index (χ0n) is 10.1. The van der Waals surface area contributed by atoms with Crippen LogP contribution in [-0.4, -0.2) is 37.1 Å². The Bertz CT molecular complexity index is 152. The molecule has 0 N–H and O–H groups in total. The highest BCUT2D eigenvalue weighted by molar-refractivity contribution is 5.77. The third kappa shape index (κ3) is 7.37. The molecule has 0 rings (SSSR count). The maximum absolute atomic E-state index is 11.7. The molecule has 1 amide bonds. The number of hydrogen-bond acceptors (Lipinski definition) is 2. The second-order valence-corrected chi connectivity index (χ2v) is 3.64. The van der Waals surface area contributed by atoms with Gasteiger partial charge in [-0.05, 0) is 19.8 Å². The van der Waals surface area contributed by atoms with Gasteiger partial charge in [0.05, 0.1) is 0 Å². The van der Waals surface area contributed by atoms with Crippen LogP contribution in [0.2, 0.25) is 0 Å². The van der Waals surface area contributed by atoms with Gasteiger partial charge in [0.1, 0.15) is 6.61 Å². The first-order valence-corrected chi connectivity index (χ1v) is 5.91. The van der Waals surface area contributed by atoms with E-state index in [2.05, 4.69) is 20.8 Å². The minimum atomic E-state index is 0.0977. The van der Waals surface area contributed by atoms with Gasteiger partial charge in [-0.25, -0.2) is 0 Å². The Balaban J connectivity index is 3.90. The van der Waals surface area contributed by atoms with Crippen LogP contribution in [0.1, 0.15) is 39.5 Å². The summed E-state index contributed by atoms with van der Waals surface area (Å²) < 4.78 is 5.03.